The molecule has 0 unspecified atom stereocenters. The molecular weight excluding hydrogens is 486 g/mol. The molecule has 1 rings (SSSR count). The fourth-order valence-electron chi connectivity index (χ4n) is 1.77. The minimum absolute atomic E-state index is 0.0759. The topological polar surface area (TPSA) is 105 Å². The van der Waals surface area contributed by atoms with Crippen molar-refractivity contribution in [1.82, 2.24) is 0 Å². The molecule has 8 nitrogen and oxygen atoms in total. The summed E-state index contributed by atoms with van der Waals surface area (Å²) >= 11 is 24.1. The Kier molecular flexibility index (Phi) is 10.7. The van der Waals surface area contributed by atoms with Crippen LogP contribution in [0.5, 0.6) is 0 Å². The summed E-state index contributed by atoms with van der Waals surface area (Å²) in [5.74, 6) is -3.98. The second kappa shape index (κ2) is 12.4. The number of carbonyl (C=O) groups is 4. The molecule has 0 aliphatic carbocycles. The highest BCUT2D eigenvalue weighted by Crippen LogP contribution is 2.41. The number of rotatable bonds is 10. The molecule has 0 atom stereocenters. The molecule has 0 N–H and O–H groups in total. The Morgan fingerprint density at radius 2 is 0.933 bits per heavy atom. The van der Waals surface area contributed by atoms with Crippen molar-refractivity contribution in [2.75, 3.05) is 26.4 Å². The predicted molar refractivity (Wildman–Crippen MR) is 109 cm³/mol. The third-order valence-electron chi connectivity index (χ3n) is 3.04. The van der Waals surface area contributed by atoms with Gasteiger partial charge in [0.25, 0.3) is 0 Å². The van der Waals surface area contributed by atoms with Crippen LogP contribution in [-0.4, -0.2) is 50.3 Å². The fourth-order valence-corrected chi connectivity index (χ4v) is 2.93. The Morgan fingerprint density at radius 1 is 0.633 bits per heavy atom. The van der Waals surface area contributed by atoms with Gasteiger partial charge in [-0.1, -0.05) is 71.7 Å². The number of hydrogen-bond donors (Lipinski definition) is 0. The predicted octanol–water partition coefficient (Wildman–Crippen LogP) is 4.07. The summed E-state index contributed by atoms with van der Waals surface area (Å²) in [7, 11) is 0. The number of benzene rings is 1. The lowest BCUT2D eigenvalue weighted by atomic mass is 10.1. The third-order valence-corrected chi connectivity index (χ3v) is 4.74. The minimum atomic E-state index is -1.14. The monoisotopic (exact) mass is 498 g/mol. The molecule has 1 aromatic rings. The van der Waals surface area contributed by atoms with Crippen LogP contribution in [0.25, 0.3) is 0 Å². The Bertz CT molecular complexity index is 781. The molecule has 12 heteroatoms. The van der Waals surface area contributed by atoms with E-state index >= 15 is 0 Å². The van der Waals surface area contributed by atoms with Gasteiger partial charge in [0, 0.05) is 0 Å². The van der Waals surface area contributed by atoms with E-state index in [-0.39, 0.29) is 13.2 Å². The zero-order valence-electron chi connectivity index (χ0n) is 15.2. The average Bonchev–Trinajstić information content (AvgIpc) is 2.72. The lowest BCUT2D eigenvalue weighted by Gasteiger charge is -2.14. The van der Waals surface area contributed by atoms with E-state index in [1.807, 2.05) is 0 Å². The van der Waals surface area contributed by atoms with E-state index in [0.29, 0.717) is 0 Å². The van der Waals surface area contributed by atoms with Gasteiger partial charge in [0.1, 0.15) is 13.2 Å². The highest BCUT2D eigenvalue weighted by Gasteiger charge is 2.30. The molecule has 0 amide bonds. The van der Waals surface area contributed by atoms with Crippen LogP contribution in [0.3, 0.4) is 0 Å². The summed E-state index contributed by atoms with van der Waals surface area (Å²) in [6.07, 6.45) is 2.65. The van der Waals surface area contributed by atoms with Crippen molar-refractivity contribution < 1.29 is 38.1 Å². The van der Waals surface area contributed by atoms with Crippen LogP contribution >= 0.6 is 46.4 Å². The van der Waals surface area contributed by atoms with E-state index in [1.165, 1.54) is 12.2 Å². The molecule has 0 fully saturated rings. The average molecular weight is 500 g/mol. The molecule has 0 aromatic heterocycles. The number of hydrogen-bond acceptors (Lipinski definition) is 8. The van der Waals surface area contributed by atoms with Gasteiger partial charge in [-0.05, 0) is 0 Å². The van der Waals surface area contributed by atoms with Crippen molar-refractivity contribution in [2.45, 2.75) is 0 Å². The summed E-state index contributed by atoms with van der Waals surface area (Å²) in [5, 5.41) is -1.90. The lowest BCUT2D eigenvalue weighted by molar-refractivity contribution is -0.146. The molecule has 0 bridgehead atoms. The Hall–Kier alpha value is -2.26. The van der Waals surface area contributed by atoms with Crippen molar-refractivity contribution in [2.24, 2.45) is 0 Å². The SMILES string of the molecule is C=CCOC(=O)COC(=O)c1c(Cl)c(Cl)c(C(=O)OCC(=O)OCC=C)c(Cl)c1Cl. The van der Waals surface area contributed by atoms with Crippen molar-refractivity contribution in [3.63, 3.8) is 0 Å². The van der Waals surface area contributed by atoms with Gasteiger partial charge in [-0.15, -0.1) is 0 Å². The summed E-state index contributed by atoms with van der Waals surface area (Å²) in [6, 6.07) is 0. The minimum Gasteiger partial charge on any atom is -0.459 e. The lowest BCUT2D eigenvalue weighted by Crippen LogP contribution is -2.19. The van der Waals surface area contributed by atoms with E-state index in [0.717, 1.165) is 0 Å². The van der Waals surface area contributed by atoms with Crippen LogP contribution in [0.2, 0.25) is 20.1 Å². The maximum Gasteiger partial charge on any atom is 0.344 e. The standard InChI is InChI=1S/C18H14Cl4O8/c1-3-5-27-9(23)7-29-17(25)11-13(19)15(21)12(16(22)14(11)20)18(26)30-8-10(24)28-6-4-2/h3-4H,1-2,5-8H2. The molecule has 0 radical (unpaired) electrons. The Labute approximate surface area is 191 Å². The van der Waals surface area contributed by atoms with Crippen LogP contribution in [0.4, 0.5) is 0 Å². The van der Waals surface area contributed by atoms with Crippen LogP contribution < -0.4 is 0 Å². The smallest absolute Gasteiger partial charge is 0.344 e. The van der Waals surface area contributed by atoms with Crippen LogP contribution in [0, 0.1) is 0 Å². The molecule has 0 spiro atoms. The summed E-state index contributed by atoms with van der Waals surface area (Å²) < 4.78 is 18.8. The molecule has 0 aliphatic heterocycles. The second-order valence-corrected chi connectivity index (χ2v) is 6.61. The highest BCUT2D eigenvalue weighted by molar-refractivity contribution is 6.52. The first-order chi connectivity index (χ1) is 14.1. The Morgan fingerprint density at radius 3 is 1.20 bits per heavy atom. The van der Waals surface area contributed by atoms with Crippen molar-refractivity contribution in [3.8, 4) is 0 Å². The molecule has 30 heavy (non-hydrogen) atoms. The van der Waals surface area contributed by atoms with Crippen molar-refractivity contribution in [1.29, 1.82) is 0 Å². The van der Waals surface area contributed by atoms with Gasteiger partial charge in [-0.25, -0.2) is 19.2 Å². The van der Waals surface area contributed by atoms with Crippen molar-refractivity contribution in [3.05, 3.63) is 56.5 Å². The zero-order chi connectivity index (χ0) is 22.8. The molecule has 0 saturated carbocycles. The van der Waals surface area contributed by atoms with Gasteiger partial charge in [-0.2, -0.15) is 0 Å². The maximum atomic E-state index is 12.2. The third kappa shape index (κ3) is 6.91. The molecular formula is C18H14Cl4O8. The van der Waals surface area contributed by atoms with E-state index in [9.17, 15) is 19.2 Å². The summed E-state index contributed by atoms with van der Waals surface area (Å²) in [5.41, 5.74) is -0.960. The van der Waals surface area contributed by atoms with Gasteiger partial charge in [0.2, 0.25) is 0 Å². The molecule has 0 heterocycles. The molecule has 1 aromatic carbocycles. The van der Waals surface area contributed by atoms with Gasteiger partial charge in [-0.3, -0.25) is 0 Å². The van der Waals surface area contributed by atoms with Gasteiger partial charge >= 0.3 is 23.9 Å². The molecule has 162 valence electrons. The zero-order valence-corrected chi connectivity index (χ0v) is 18.2. The summed E-state index contributed by atoms with van der Waals surface area (Å²) in [6.45, 7) is 5.08. The molecule has 0 saturated heterocycles. The first kappa shape index (κ1) is 25.8. The van der Waals surface area contributed by atoms with E-state index in [4.69, 9.17) is 55.9 Å². The van der Waals surface area contributed by atoms with Gasteiger partial charge in [0.15, 0.2) is 13.2 Å². The van der Waals surface area contributed by atoms with Gasteiger partial charge in [0.05, 0.1) is 31.2 Å². The van der Waals surface area contributed by atoms with E-state index in [1.54, 1.807) is 0 Å². The maximum absolute atomic E-state index is 12.2. The first-order valence-electron chi connectivity index (χ1n) is 7.88. The molecule has 0 aliphatic rings. The summed E-state index contributed by atoms with van der Waals surface area (Å²) in [4.78, 5) is 47.3. The largest absolute Gasteiger partial charge is 0.459 e. The highest BCUT2D eigenvalue weighted by atomic mass is 35.5. The fraction of sp³-hybridized carbons (Fsp3) is 0.222. The van der Waals surface area contributed by atoms with Gasteiger partial charge < -0.3 is 18.9 Å². The van der Waals surface area contributed by atoms with E-state index in [2.05, 4.69) is 22.6 Å². The Balaban J connectivity index is 3.02. The number of halogens is 4. The van der Waals surface area contributed by atoms with E-state index < -0.39 is 68.3 Å². The number of ether oxygens (including phenoxy) is 4. The van der Waals surface area contributed by atoms with Crippen molar-refractivity contribution >= 4 is 70.3 Å². The quantitative estimate of drug-likeness (QED) is 0.205. The number of esters is 4. The normalized spacial score (nSPS) is 10.0. The van der Waals surface area contributed by atoms with Crippen LogP contribution in [-0.2, 0) is 28.5 Å². The first-order valence-corrected chi connectivity index (χ1v) is 9.40. The van der Waals surface area contributed by atoms with Crippen LogP contribution in [0.1, 0.15) is 20.7 Å². The number of carbonyl (C=O) groups excluding carboxylic acids is 4. The van der Waals surface area contributed by atoms with Crippen LogP contribution in [0.15, 0.2) is 25.3 Å². The second-order valence-electron chi connectivity index (χ2n) is 5.10.